The number of ether oxygens (including phenoxy) is 3. The second-order valence-corrected chi connectivity index (χ2v) is 9.86. The molecular weight excluding hydrogens is 510 g/mol. The number of nitrogens with two attached hydrogens (primary N) is 1. The van der Waals surface area contributed by atoms with E-state index in [4.69, 9.17) is 19.9 Å². The summed E-state index contributed by atoms with van der Waals surface area (Å²) in [6, 6.07) is 13.2. The Labute approximate surface area is 236 Å². The molecule has 0 saturated heterocycles. The minimum Gasteiger partial charge on any atom is -0.496 e. The predicted octanol–water partition coefficient (Wildman–Crippen LogP) is 3.55. The Morgan fingerprint density at radius 1 is 1.15 bits per heavy atom. The van der Waals surface area contributed by atoms with Gasteiger partial charge in [0.15, 0.2) is 0 Å². The van der Waals surface area contributed by atoms with E-state index >= 15 is 0 Å². The van der Waals surface area contributed by atoms with Crippen molar-refractivity contribution in [2.24, 2.45) is 0 Å². The second kappa shape index (κ2) is 15.0. The minimum absolute atomic E-state index is 0.0440. The average Bonchev–Trinajstić information content (AvgIpc) is 2.93. The fraction of sp³-hybridized carbons (Fsp3) is 0.433. The van der Waals surface area contributed by atoms with Gasteiger partial charge in [0.2, 0.25) is 5.95 Å². The van der Waals surface area contributed by atoms with Crippen molar-refractivity contribution in [2.45, 2.75) is 38.6 Å². The first-order chi connectivity index (χ1) is 19.2. The van der Waals surface area contributed by atoms with Crippen molar-refractivity contribution in [2.75, 3.05) is 59.1 Å². The number of esters is 1. The zero-order valence-electron chi connectivity index (χ0n) is 24.1. The molecule has 1 unspecified atom stereocenters. The van der Waals surface area contributed by atoms with E-state index in [0.29, 0.717) is 31.0 Å². The Kier molecular flexibility index (Phi) is 11.5. The lowest BCUT2D eigenvalue weighted by molar-refractivity contribution is -0.139. The number of carbonyl (C=O) groups is 1. The first-order valence-corrected chi connectivity index (χ1v) is 13.3. The van der Waals surface area contributed by atoms with Gasteiger partial charge in [0.1, 0.15) is 17.3 Å². The lowest BCUT2D eigenvalue weighted by Crippen LogP contribution is -2.17. The maximum atomic E-state index is 11.8. The predicted molar refractivity (Wildman–Crippen MR) is 156 cm³/mol. The molecule has 40 heavy (non-hydrogen) atoms. The Hall–Kier alpha value is -3.89. The number of nitrogen functional groups attached to an aromatic ring is 1. The highest BCUT2D eigenvalue weighted by Crippen LogP contribution is 2.32. The van der Waals surface area contributed by atoms with Gasteiger partial charge in [0.25, 0.3) is 0 Å². The SMILES string of the molecule is COC(=O)Cc1cccc(C(CCO)Nc2nc(N)nc(C)c2Cc2ccc(OCCCN(C)C)cc2OC)c1. The number of methoxy groups -OCH3 is 2. The van der Waals surface area contributed by atoms with Crippen molar-refractivity contribution in [3.05, 3.63) is 70.4 Å². The van der Waals surface area contributed by atoms with Gasteiger partial charge in [-0.1, -0.05) is 30.3 Å². The van der Waals surface area contributed by atoms with Crippen molar-refractivity contribution >= 4 is 17.7 Å². The van der Waals surface area contributed by atoms with Crippen LogP contribution in [-0.4, -0.2) is 74.0 Å². The standard InChI is InChI=1S/C30H41N5O5/c1-20-25(18-23-10-11-24(19-27(23)38-4)40-15-7-13-35(2)3)29(34-30(31)32-20)33-26(12-14-36)22-9-6-8-21(16-22)17-28(37)39-5/h6,8-11,16,19,26,36H,7,12-15,17-18H2,1-5H3,(H3,31,32,33,34). The lowest BCUT2D eigenvalue weighted by Gasteiger charge is -2.23. The van der Waals surface area contributed by atoms with Gasteiger partial charge in [-0.05, 0) is 56.6 Å². The molecule has 3 aromatic rings. The first-order valence-electron chi connectivity index (χ1n) is 13.3. The topological polar surface area (TPSA) is 132 Å². The van der Waals surface area contributed by atoms with Crippen LogP contribution in [0.2, 0.25) is 0 Å². The molecule has 10 nitrogen and oxygen atoms in total. The third-order valence-electron chi connectivity index (χ3n) is 6.53. The number of aromatic nitrogens is 2. The van der Waals surface area contributed by atoms with Gasteiger partial charge in [0, 0.05) is 36.9 Å². The molecule has 10 heteroatoms. The zero-order valence-corrected chi connectivity index (χ0v) is 24.1. The summed E-state index contributed by atoms with van der Waals surface area (Å²) >= 11 is 0. The molecule has 0 spiro atoms. The number of carbonyl (C=O) groups excluding carboxylic acids is 1. The van der Waals surface area contributed by atoms with Crippen LogP contribution >= 0.6 is 0 Å². The first kappa shape index (κ1) is 30.6. The number of benzene rings is 2. The molecule has 0 bridgehead atoms. The largest absolute Gasteiger partial charge is 0.496 e. The zero-order chi connectivity index (χ0) is 29.1. The summed E-state index contributed by atoms with van der Waals surface area (Å²) in [5.41, 5.74) is 10.3. The van der Waals surface area contributed by atoms with Crippen LogP contribution in [0.3, 0.4) is 0 Å². The molecule has 2 aromatic carbocycles. The number of aliphatic hydroxyl groups is 1. The van der Waals surface area contributed by atoms with Crippen LogP contribution in [0.25, 0.3) is 0 Å². The molecule has 0 aliphatic rings. The van der Waals surface area contributed by atoms with E-state index in [0.717, 1.165) is 46.7 Å². The summed E-state index contributed by atoms with van der Waals surface area (Å²) in [6.45, 7) is 3.42. The summed E-state index contributed by atoms with van der Waals surface area (Å²) in [6.07, 6.45) is 2.00. The summed E-state index contributed by atoms with van der Waals surface area (Å²) in [5, 5.41) is 13.3. The number of nitrogens with zero attached hydrogens (tertiary/aromatic N) is 3. The number of aryl methyl sites for hydroxylation is 1. The number of aliphatic hydroxyl groups excluding tert-OH is 1. The molecule has 216 valence electrons. The number of anilines is 2. The number of nitrogens with one attached hydrogen (secondary N) is 1. The van der Waals surface area contributed by atoms with E-state index in [2.05, 4.69) is 20.2 Å². The van der Waals surface area contributed by atoms with Gasteiger partial charge in [0.05, 0.1) is 33.3 Å². The summed E-state index contributed by atoms with van der Waals surface area (Å²) in [7, 11) is 7.09. The number of hydrogen-bond donors (Lipinski definition) is 3. The Balaban J connectivity index is 1.87. The summed E-state index contributed by atoms with van der Waals surface area (Å²) in [4.78, 5) is 22.9. The molecule has 3 rings (SSSR count). The number of hydrogen-bond acceptors (Lipinski definition) is 10. The van der Waals surface area contributed by atoms with Crippen molar-refractivity contribution in [3.63, 3.8) is 0 Å². The smallest absolute Gasteiger partial charge is 0.309 e. The molecule has 1 atom stereocenters. The highest BCUT2D eigenvalue weighted by Gasteiger charge is 2.19. The third kappa shape index (κ3) is 8.82. The highest BCUT2D eigenvalue weighted by molar-refractivity contribution is 5.72. The van der Waals surface area contributed by atoms with Gasteiger partial charge < -0.3 is 35.3 Å². The fourth-order valence-electron chi connectivity index (χ4n) is 4.45. The Morgan fingerprint density at radius 3 is 2.65 bits per heavy atom. The van der Waals surface area contributed by atoms with E-state index in [1.807, 2.05) is 63.5 Å². The van der Waals surface area contributed by atoms with Crippen LogP contribution in [0.1, 0.15) is 46.8 Å². The maximum absolute atomic E-state index is 11.8. The summed E-state index contributed by atoms with van der Waals surface area (Å²) < 4.78 is 16.4. The molecule has 0 aliphatic carbocycles. The summed E-state index contributed by atoms with van der Waals surface area (Å²) in [5.74, 6) is 1.86. The highest BCUT2D eigenvalue weighted by atomic mass is 16.5. The van der Waals surface area contributed by atoms with E-state index in [9.17, 15) is 9.90 Å². The quantitative estimate of drug-likeness (QED) is 0.190. The van der Waals surface area contributed by atoms with Crippen LogP contribution < -0.4 is 20.5 Å². The Morgan fingerprint density at radius 2 is 1.95 bits per heavy atom. The second-order valence-electron chi connectivity index (χ2n) is 9.86. The van der Waals surface area contributed by atoms with Gasteiger partial charge in [-0.25, -0.2) is 4.98 Å². The van der Waals surface area contributed by atoms with Gasteiger partial charge in [-0.15, -0.1) is 0 Å². The van der Waals surface area contributed by atoms with Crippen LogP contribution in [0.4, 0.5) is 11.8 Å². The van der Waals surface area contributed by atoms with Crippen molar-refractivity contribution < 1.29 is 24.1 Å². The van der Waals surface area contributed by atoms with Crippen molar-refractivity contribution in [1.29, 1.82) is 0 Å². The van der Waals surface area contributed by atoms with Gasteiger partial charge in [-0.3, -0.25) is 4.79 Å². The normalized spacial score (nSPS) is 11.8. The van der Waals surface area contributed by atoms with Gasteiger partial charge in [-0.2, -0.15) is 4.98 Å². The molecule has 4 N–H and O–H groups in total. The molecule has 1 aromatic heterocycles. The van der Waals surface area contributed by atoms with E-state index in [1.54, 1.807) is 7.11 Å². The van der Waals surface area contributed by atoms with Crippen LogP contribution in [0.5, 0.6) is 11.5 Å². The minimum atomic E-state index is -0.316. The van der Waals surface area contributed by atoms with Crippen molar-refractivity contribution in [3.8, 4) is 11.5 Å². The number of rotatable bonds is 15. The van der Waals surface area contributed by atoms with Crippen LogP contribution in [0.15, 0.2) is 42.5 Å². The monoisotopic (exact) mass is 551 g/mol. The molecule has 0 radical (unpaired) electrons. The van der Waals surface area contributed by atoms with Crippen molar-refractivity contribution in [1.82, 2.24) is 14.9 Å². The molecule has 0 fully saturated rings. The van der Waals surface area contributed by atoms with E-state index < -0.39 is 0 Å². The molecule has 1 heterocycles. The van der Waals surface area contributed by atoms with Crippen LogP contribution in [-0.2, 0) is 22.4 Å². The molecule has 0 aliphatic heterocycles. The maximum Gasteiger partial charge on any atom is 0.309 e. The van der Waals surface area contributed by atoms with Crippen LogP contribution in [0, 0.1) is 6.92 Å². The lowest BCUT2D eigenvalue weighted by atomic mass is 9.99. The fourth-order valence-corrected chi connectivity index (χ4v) is 4.45. The molecule has 0 amide bonds. The Bertz CT molecular complexity index is 1270. The van der Waals surface area contributed by atoms with E-state index in [-0.39, 0.29) is 31.0 Å². The molecular formula is C30H41N5O5. The third-order valence-corrected chi connectivity index (χ3v) is 6.53. The van der Waals surface area contributed by atoms with E-state index in [1.165, 1.54) is 7.11 Å². The average molecular weight is 552 g/mol. The molecule has 0 saturated carbocycles. The van der Waals surface area contributed by atoms with Gasteiger partial charge >= 0.3 is 5.97 Å².